The zero-order valence-electron chi connectivity index (χ0n) is 17.1. The van der Waals surface area contributed by atoms with Crippen molar-refractivity contribution >= 4 is 23.4 Å². The van der Waals surface area contributed by atoms with E-state index in [1.54, 1.807) is 0 Å². The molecule has 0 saturated carbocycles. The molecule has 0 N–H and O–H groups in total. The van der Waals surface area contributed by atoms with E-state index in [-0.39, 0.29) is 24.2 Å². The molecule has 5 nitrogen and oxygen atoms in total. The Balaban J connectivity index is 1.64. The van der Waals surface area contributed by atoms with Crippen molar-refractivity contribution in [2.45, 2.75) is 18.9 Å². The van der Waals surface area contributed by atoms with E-state index in [0.717, 1.165) is 28.7 Å². The second-order valence-electron chi connectivity index (χ2n) is 7.51. The highest BCUT2D eigenvalue weighted by atomic mass is 19.1. The third kappa shape index (κ3) is 4.42. The SMILES string of the molecule is O=C1CC(N(CCc2ccccc2)C(=O)c2cccc(F)c2)C(=O)N1c1ccc(F)cc1. The first-order chi connectivity index (χ1) is 15.4. The highest BCUT2D eigenvalue weighted by molar-refractivity contribution is 6.23. The number of nitrogens with zero attached hydrogens (tertiary/aromatic N) is 2. The van der Waals surface area contributed by atoms with Crippen LogP contribution < -0.4 is 4.90 Å². The van der Waals surface area contributed by atoms with Gasteiger partial charge in [0.2, 0.25) is 5.91 Å². The molecule has 1 aliphatic heterocycles. The molecule has 3 aromatic rings. The molecule has 1 aliphatic rings. The third-order valence-electron chi connectivity index (χ3n) is 5.40. The molecule has 0 spiro atoms. The fraction of sp³-hybridized carbons (Fsp3) is 0.160. The minimum atomic E-state index is -1.04. The van der Waals surface area contributed by atoms with Gasteiger partial charge >= 0.3 is 0 Å². The summed E-state index contributed by atoms with van der Waals surface area (Å²) in [6.45, 7) is 0.167. The molecule has 0 aliphatic carbocycles. The van der Waals surface area contributed by atoms with Crippen LogP contribution in [0.2, 0.25) is 0 Å². The summed E-state index contributed by atoms with van der Waals surface area (Å²) in [6, 6.07) is 18.6. The lowest BCUT2D eigenvalue weighted by atomic mass is 10.1. The molecular weight excluding hydrogens is 414 g/mol. The van der Waals surface area contributed by atoms with Crippen LogP contribution in [-0.4, -0.2) is 35.2 Å². The quantitative estimate of drug-likeness (QED) is 0.552. The largest absolute Gasteiger partial charge is 0.326 e. The number of rotatable bonds is 6. The first-order valence-electron chi connectivity index (χ1n) is 10.2. The van der Waals surface area contributed by atoms with Crippen LogP contribution in [0.15, 0.2) is 78.9 Å². The fourth-order valence-corrected chi connectivity index (χ4v) is 3.80. The molecule has 32 heavy (non-hydrogen) atoms. The second kappa shape index (κ2) is 9.09. The number of hydrogen-bond acceptors (Lipinski definition) is 3. The number of carbonyl (C=O) groups is 3. The average Bonchev–Trinajstić information content (AvgIpc) is 3.09. The van der Waals surface area contributed by atoms with Crippen molar-refractivity contribution in [2.75, 3.05) is 11.4 Å². The lowest BCUT2D eigenvalue weighted by Crippen LogP contribution is -2.46. The Hall–Kier alpha value is -3.87. The van der Waals surface area contributed by atoms with Gasteiger partial charge < -0.3 is 4.90 Å². The smallest absolute Gasteiger partial charge is 0.257 e. The minimum absolute atomic E-state index is 0.0959. The number of amides is 3. The predicted octanol–water partition coefficient (Wildman–Crippen LogP) is 3.98. The molecule has 3 aromatic carbocycles. The van der Waals surface area contributed by atoms with Gasteiger partial charge in [-0.1, -0.05) is 36.4 Å². The normalized spacial score (nSPS) is 15.8. The number of imide groups is 1. The Morgan fingerprint density at radius 2 is 1.62 bits per heavy atom. The number of hydrogen-bond donors (Lipinski definition) is 0. The Morgan fingerprint density at radius 1 is 0.906 bits per heavy atom. The fourth-order valence-electron chi connectivity index (χ4n) is 3.80. The summed E-state index contributed by atoms with van der Waals surface area (Å²) in [6.07, 6.45) is 0.252. The molecule has 1 fully saturated rings. The Morgan fingerprint density at radius 3 is 2.31 bits per heavy atom. The van der Waals surface area contributed by atoms with E-state index >= 15 is 0 Å². The van der Waals surface area contributed by atoms with Crippen molar-refractivity contribution in [3.8, 4) is 0 Å². The molecule has 4 rings (SSSR count). The number of carbonyl (C=O) groups excluding carboxylic acids is 3. The van der Waals surface area contributed by atoms with Crippen LogP contribution in [0.25, 0.3) is 0 Å². The van der Waals surface area contributed by atoms with Gasteiger partial charge in [0.15, 0.2) is 0 Å². The molecule has 7 heteroatoms. The van der Waals surface area contributed by atoms with Crippen molar-refractivity contribution in [1.82, 2.24) is 4.90 Å². The maximum Gasteiger partial charge on any atom is 0.257 e. The highest BCUT2D eigenvalue weighted by Gasteiger charge is 2.44. The number of benzene rings is 3. The van der Waals surface area contributed by atoms with E-state index in [9.17, 15) is 23.2 Å². The Kier molecular flexibility index (Phi) is 6.07. The lowest BCUT2D eigenvalue weighted by Gasteiger charge is -2.28. The number of halogens is 2. The van der Waals surface area contributed by atoms with E-state index in [2.05, 4.69) is 0 Å². The van der Waals surface area contributed by atoms with Gasteiger partial charge in [0, 0.05) is 12.1 Å². The Labute approximate surface area is 183 Å². The monoisotopic (exact) mass is 434 g/mol. The van der Waals surface area contributed by atoms with Crippen LogP contribution in [-0.2, 0) is 16.0 Å². The topological polar surface area (TPSA) is 57.7 Å². The molecule has 1 heterocycles. The van der Waals surface area contributed by atoms with Gasteiger partial charge in [0.1, 0.15) is 17.7 Å². The van der Waals surface area contributed by atoms with Gasteiger partial charge in [-0.2, -0.15) is 0 Å². The molecule has 0 radical (unpaired) electrons. The summed E-state index contributed by atoms with van der Waals surface area (Å²) in [4.78, 5) is 41.5. The maximum atomic E-state index is 13.7. The van der Waals surface area contributed by atoms with Crippen LogP contribution in [0.1, 0.15) is 22.3 Å². The van der Waals surface area contributed by atoms with Crippen molar-refractivity contribution in [3.05, 3.63) is 102 Å². The summed E-state index contributed by atoms with van der Waals surface area (Å²) in [7, 11) is 0. The third-order valence-corrected chi connectivity index (χ3v) is 5.40. The summed E-state index contributed by atoms with van der Waals surface area (Å²) in [5.74, 6) is -2.65. The number of anilines is 1. The Bertz CT molecular complexity index is 1150. The van der Waals surface area contributed by atoms with Gasteiger partial charge in [-0.3, -0.25) is 14.4 Å². The molecule has 3 amide bonds. The standard InChI is InChI=1S/C25H20F2N2O3/c26-19-9-11-21(12-10-19)29-23(30)16-22(25(29)32)28(14-13-17-5-2-1-3-6-17)24(31)18-7-4-8-20(27)15-18/h1-12,15,22H,13-14,16H2. The first-order valence-corrected chi connectivity index (χ1v) is 10.2. The van der Waals surface area contributed by atoms with Gasteiger partial charge in [-0.05, 0) is 54.4 Å². The molecule has 0 aromatic heterocycles. The van der Waals surface area contributed by atoms with Crippen molar-refractivity contribution < 1.29 is 23.2 Å². The average molecular weight is 434 g/mol. The van der Waals surface area contributed by atoms with Crippen molar-refractivity contribution in [1.29, 1.82) is 0 Å². The molecular formula is C25H20F2N2O3. The highest BCUT2D eigenvalue weighted by Crippen LogP contribution is 2.27. The summed E-state index contributed by atoms with van der Waals surface area (Å²) < 4.78 is 27.0. The van der Waals surface area contributed by atoms with E-state index < -0.39 is 35.4 Å². The first kappa shape index (κ1) is 21.4. The minimum Gasteiger partial charge on any atom is -0.326 e. The summed E-state index contributed by atoms with van der Waals surface area (Å²) >= 11 is 0. The summed E-state index contributed by atoms with van der Waals surface area (Å²) in [5.41, 5.74) is 1.29. The van der Waals surface area contributed by atoms with Gasteiger partial charge in [0.05, 0.1) is 12.1 Å². The lowest BCUT2D eigenvalue weighted by molar-refractivity contribution is -0.122. The van der Waals surface area contributed by atoms with Crippen molar-refractivity contribution in [2.24, 2.45) is 0 Å². The van der Waals surface area contributed by atoms with E-state index in [0.29, 0.717) is 6.42 Å². The van der Waals surface area contributed by atoms with E-state index in [1.165, 1.54) is 35.2 Å². The van der Waals surface area contributed by atoms with Gasteiger partial charge in [-0.25, -0.2) is 13.7 Å². The molecule has 1 saturated heterocycles. The zero-order valence-corrected chi connectivity index (χ0v) is 17.1. The van der Waals surface area contributed by atoms with Gasteiger partial charge in [-0.15, -0.1) is 0 Å². The van der Waals surface area contributed by atoms with Crippen LogP contribution >= 0.6 is 0 Å². The molecule has 0 bridgehead atoms. The maximum absolute atomic E-state index is 13.7. The van der Waals surface area contributed by atoms with Crippen LogP contribution in [0.3, 0.4) is 0 Å². The van der Waals surface area contributed by atoms with Gasteiger partial charge in [0.25, 0.3) is 11.8 Å². The predicted molar refractivity (Wildman–Crippen MR) is 115 cm³/mol. The van der Waals surface area contributed by atoms with E-state index in [4.69, 9.17) is 0 Å². The van der Waals surface area contributed by atoms with Crippen LogP contribution in [0, 0.1) is 11.6 Å². The van der Waals surface area contributed by atoms with E-state index in [1.807, 2.05) is 30.3 Å². The van der Waals surface area contributed by atoms with Crippen LogP contribution in [0.4, 0.5) is 14.5 Å². The second-order valence-corrected chi connectivity index (χ2v) is 7.51. The molecule has 1 unspecified atom stereocenters. The van der Waals surface area contributed by atoms with Crippen LogP contribution in [0.5, 0.6) is 0 Å². The molecule has 1 atom stereocenters. The van der Waals surface area contributed by atoms with Crippen molar-refractivity contribution in [3.63, 3.8) is 0 Å². The summed E-state index contributed by atoms with van der Waals surface area (Å²) in [5, 5.41) is 0. The zero-order chi connectivity index (χ0) is 22.7. The molecule has 162 valence electrons.